The molecule has 2 heterocycles. The van der Waals surface area contributed by atoms with E-state index in [1.165, 1.54) is 25.0 Å². The van der Waals surface area contributed by atoms with Crippen molar-refractivity contribution in [3.8, 4) is 0 Å². The van der Waals surface area contributed by atoms with Crippen LogP contribution >= 0.6 is 12.4 Å². The van der Waals surface area contributed by atoms with Crippen LogP contribution in [0.4, 0.5) is 13.2 Å². The van der Waals surface area contributed by atoms with Gasteiger partial charge in [0.1, 0.15) is 0 Å². The van der Waals surface area contributed by atoms with Gasteiger partial charge in [0.15, 0.2) is 0 Å². The highest BCUT2D eigenvalue weighted by molar-refractivity contribution is 5.85. The predicted molar refractivity (Wildman–Crippen MR) is 97.4 cm³/mol. The molecule has 1 aliphatic rings. The Morgan fingerprint density at radius 1 is 1.15 bits per heavy atom. The molecule has 0 bridgehead atoms. The first kappa shape index (κ1) is 20.7. The van der Waals surface area contributed by atoms with Gasteiger partial charge in [-0.2, -0.15) is 18.3 Å². The van der Waals surface area contributed by atoms with E-state index in [1.54, 1.807) is 4.68 Å². The average Bonchev–Trinajstić information content (AvgIpc) is 3.01. The highest BCUT2D eigenvalue weighted by Gasteiger charge is 2.29. The number of piperidine rings is 1. The van der Waals surface area contributed by atoms with Crippen molar-refractivity contribution in [3.63, 3.8) is 0 Å². The maximum atomic E-state index is 12.6. The number of likely N-dealkylation sites (N-methyl/N-ethyl adjacent to an activating group) is 1. The quantitative estimate of drug-likeness (QED) is 0.850. The van der Waals surface area contributed by atoms with Crippen molar-refractivity contribution in [3.05, 3.63) is 53.3 Å². The summed E-state index contributed by atoms with van der Waals surface area (Å²) in [6.07, 6.45) is 1.91. The lowest BCUT2D eigenvalue weighted by atomic mass is 10.1. The number of nitrogens with zero attached hydrogens (tertiary/aromatic N) is 3. The summed E-state index contributed by atoms with van der Waals surface area (Å²) in [5.41, 5.74) is 1.31. The van der Waals surface area contributed by atoms with Gasteiger partial charge in [-0.15, -0.1) is 12.4 Å². The van der Waals surface area contributed by atoms with Gasteiger partial charge < -0.3 is 5.32 Å². The van der Waals surface area contributed by atoms with Gasteiger partial charge in [-0.05, 0) is 44.1 Å². The molecule has 26 heavy (non-hydrogen) atoms. The summed E-state index contributed by atoms with van der Waals surface area (Å²) in [7, 11) is 2.00. The van der Waals surface area contributed by atoms with Crippen LogP contribution in [0, 0.1) is 0 Å². The second kappa shape index (κ2) is 8.88. The monoisotopic (exact) mass is 388 g/mol. The van der Waals surface area contributed by atoms with E-state index in [4.69, 9.17) is 0 Å². The number of aromatic nitrogens is 2. The number of rotatable bonds is 5. The third-order valence-electron chi connectivity index (χ3n) is 4.63. The number of halogens is 4. The first-order valence-corrected chi connectivity index (χ1v) is 8.51. The van der Waals surface area contributed by atoms with E-state index < -0.39 is 11.7 Å². The normalized spacial score (nSPS) is 18.5. The maximum absolute atomic E-state index is 12.6. The van der Waals surface area contributed by atoms with Crippen molar-refractivity contribution < 1.29 is 13.2 Å². The van der Waals surface area contributed by atoms with E-state index >= 15 is 0 Å². The molecule has 1 unspecified atom stereocenters. The lowest BCUT2D eigenvalue weighted by molar-refractivity contribution is -0.137. The first-order valence-electron chi connectivity index (χ1n) is 8.51. The zero-order valence-corrected chi connectivity index (χ0v) is 15.5. The van der Waals surface area contributed by atoms with Crippen molar-refractivity contribution in [1.29, 1.82) is 0 Å². The van der Waals surface area contributed by atoms with Crippen LogP contribution in [-0.2, 0) is 19.3 Å². The fraction of sp³-hybridized carbons (Fsp3) is 0.500. The zero-order chi connectivity index (χ0) is 17.9. The predicted octanol–water partition coefficient (Wildman–Crippen LogP) is 3.56. The summed E-state index contributed by atoms with van der Waals surface area (Å²) < 4.78 is 39.6. The molecular weight excluding hydrogens is 365 g/mol. The Hall–Kier alpha value is -1.57. The van der Waals surface area contributed by atoms with Crippen LogP contribution < -0.4 is 5.32 Å². The fourth-order valence-corrected chi connectivity index (χ4v) is 3.25. The SMILES string of the molecule is CNC1CCCN(Cc2cnn(Cc3ccc(C(F)(F)F)cc3)c2)C1.Cl. The fourth-order valence-electron chi connectivity index (χ4n) is 3.25. The second-order valence-corrected chi connectivity index (χ2v) is 6.60. The lowest BCUT2D eigenvalue weighted by Crippen LogP contribution is -2.43. The number of hydrogen-bond acceptors (Lipinski definition) is 3. The standard InChI is InChI=1S/C18H23F3N4.ClH/c1-22-17-3-2-8-24(13-17)10-15-9-23-25(12-15)11-14-4-6-16(7-5-14)18(19,20)21;/h4-7,9,12,17,22H,2-3,8,10-11,13H2,1H3;1H. The molecule has 1 saturated heterocycles. The second-order valence-electron chi connectivity index (χ2n) is 6.60. The van der Waals surface area contributed by atoms with Crippen molar-refractivity contribution in [2.75, 3.05) is 20.1 Å². The Kier molecular flexibility index (Phi) is 7.08. The molecule has 1 fully saturated rings. The minimum Gasteiger partial charge on any atom is -0.316 e. The molecule has 1 aromatic heterocycles. The summed E-state index contributed by atoms with van der Waals surface area (Å²) in [6.45, 7) is 3.44. The molecule has 3 rings (SSSR count). The Balaban J connectivity index is 0.00000243. The number of alkyl halides is 3. The van der Waals surface area contributed by atoms with Gasteiger partial charge in [0, 0.05) is 30.9 Å². The van der Waals surface area contributed by atoms with Gasteiger partial charge in [0.25, 0.3) is 0 Å². The van der Waals surface area contributed by atoms with E-state index in [9.17, 15) is 13.2 Å². The van der Waals surface area contributed by atoms with E-state index in [0.717, 1.165) is 42.9 Å². The number of nitrogens with one attached hydrogen (secondary N) is 1. The van der Waals surface area contributed by atoms with E-state index in [2.05, 4.69) is 15.3 Å². The molecule has 8 heteroatoms. The van der Waals surface area contributed by atoms with Gasteiger partial charge >= 0.3 is 6.18 Å². The highest BCUT2D eigenvalue weighted by Crippen LogP contribution is 2.29. The molecule has 0 amide bonds. The van der Waals surface area contributed by atoms with E-state index in [0.29, 0.717) is 12.6 Å². The van der Waals surface area contributed by atoms with Gasteiger partial charge in [-0.1, -0.05) is 12.1 Å². The Labute approximate surface area is 157 Å². The van der Waals surface area contributed by atoms with E-state index in [-0.39, 0.29) is 12.4 Å². The molecule has 1 aromatic carbocycles. The van der Waals surface area contributed by atoms with Crippen molar-refractivity contribution >= 4 is 12.4 Å². The molecule has 0 aliphatic carbocycles. The summed E-state index contributed by atoms with van der Waals surface area (Å²) in [6, 6.07) is 5.78. The van der Waals surface area contributed by atoms with Crippen molar-refractivity contribution in [1.82, 2.24) is 20.0 Å². The molecule has 4 nitrogen and oxygen atoms in total. The van der Waals surface area contributed by atoms with Crippen LogP contribution in [0.15, 0.2) is 36.7 Å². The van der Waals surface area contributed by atoms with Crippen LogP contribution in [0.1, 0.15) is 29.5 Å². The van der Waals surface area contributed by atoms with Crippen molar-refractivity contribution in [2.45, 2.75) is 38.1 Å². The van der Waals surface area contributed by atoms with Gasteiger partial charge in [-0.3, -0.25) is 9.58 Å². The minimum atomic E-state index is -4.29. The first-order chi connectivity index (χ1) is 11.9. The Morgan fingerprint density at radius 3 is 2.54 bits per heavy atom. The summed E-state index contributed by atoms with van der Waals surface area (Å²) in [5, 5.41) is 7.67. The molecule has 2 aromatic rings. The third-order valence-corrected chi connectivity index (χ3v) is 4.63. The molecule has 0 saturated carbocycles. The Bertz CT molecular complexity index is 684. The largest absolute Gasteiger partial charge is 0.416 e. The van der Waals surface area contributed by atoms with Crippen LogP contribution in [-0.4, -0.2) is 40.9 Å². The van der Waals surface area contributed by atoms with Gasteiger partial charge in [-0.25, -0.2) is 0 Å². The maximum Gasteiger partial charge on any atom is 0.416 e. The number of likely N-dealkylation sites (tertiary alicyclic amines) is 1. The molecule has 144 valence electrons. The molecule has 1 atom stereocenters. The van der Waals surface area contributed by atoms with Gasteiger partial charge in [0.05, 0.1) is 18.3 Å². The molecule has 0 spiro atoms. The minimum absolute atomic E-state index is 0. The smallest absolute Gasteiger partial charge is 0.316 e. The average molecular weight is 389 g/mol. The summed E-state index contributed by atoms with van der Waals surface area (Å²) in [5.74, 6) is 0. The summed E-state index contributed by atoms with van der Waals surface area (Å²) >= 11 is 0. The van der Waals surface area contributed by atoms with Gasteiger partial charge in [0.2, 0.25) is 0 Å². The van der Waals surface area contributed by atoms with Crippen LogP contribution in [0.25, 0.3) is 0 Å². The number of benzene rings is 1. The third kappa shape index (κ3) is 5.46. The number of hydrogen-bond donors (Lipinski definition) is 1. The van der Waals surface area contributed by atoms with Crippen molar-refractivity contribution in [2.24, 2.45) is 0 Å². The van der Waals surface area contributed by atoms with Crippen LogP contribution in [0.3, 0.4) is 0 Å². The molecule has 1 aliphatic heterocycles. The topological polar surface area (TPSA) is 33.1 Å². The molecular formula is C18H24ClF3N4. The Morgan fingerprint density at radius 2 is 1.88 bits per heavy atom. The molecule has 1 N–H and O–H groups in total. The van der Waals surface area contributed by atoms with E-state index in [1.807, 2.05) is 19.4 Å². The molecule has 0 radical (unpaired) electrons. The highest BCUT2D eigenvalue weighted by atomic mass is 35.5. The van der Waals surface area contributed by atoms with Crippen LogP contribution in [0.2, 0.25) is 0 Å². The summed E-state index contributed by atoms with van der Waals surface area (Å²) in [4.78, 5) is 2.41. The lowest BCUT2D eigenvalue weighted by Gasteiger charge is -2.32. The zero-order valence-electron chi connectivity index (χ0n) is 14.7. The van der Waals surface area contributed by atoms with Crippen LogP contribution in [0.5, 0.6) is 0 Å².